The molecule has 1 aromatic heterocycles. The summed E-state index contributed by atoms with van der Waals surface area (Å²) in [7, 11) is 1.98. The maximum absolute atomic E-state index is 3.49. The Hall–Kier alpha value is 0.360. The average molecular weight is 339 g/mol. The summed E-state index contributed by atoms with van der Waals surface area (Å²) < 4.78 is 2.29. The predicted molar refractivity (Wildman–Crippen MR) is 71.9 cm³/mol. The van der Waals surface area contributed by atoms with Gasteiger partial charge < -0.3 is 5.32 Å². The van der Waals surface area contributed by atoms with Crippen molar-refractivity contribution in [2.75, 3.05) is 13.6 Å². The third-order valence-electron chi connectivity index (χ3n) is 1.87. The molecule has 0 atom stereocenters. The zero-order valence-corrected chi connectivity index (χ0v) is 12.2. The van der Waals surface area contributed by atoms with Gasteiger partial charge in [0.05, 0.1) is 3.79 Å². The van der Waals surface area contributed by atoms with Gasteiger partial charge in [-0.25, -0.2) is 0 Å². The Morgan fingerprint density at radius 3 is 2.71 bits per heavy atom. The van der Waals surface area contributed by atoms with Gasteiger partial charge in [-0.3, -0.25) is 0 Å². The Balaban J connectivity index is 2.83. The van der Waals surface area contributed by atoms with Gasteiger partial charge in [0, 0.05) is 15.9 Å². The lowest BCUT2D eigenvalue weighted by Gasteiger charge is -2.01. The lowest BCUT2D eigenvalue weighted by atomic mass is 10.2. The van der Waals surface area contributed by atoms with Gasteiger partial charge in [0.2, 0.25) is 0 Å². The zero-order valence-electron chi connectivity index (χ0n) is 8.23. The van der Waals surface area contributed by atoms with Crippen LogP contribution in [0.1, 0.15) is 18.2 Å². The average Bonchev–Trinajstić information content (AvgIpc) is 2.45. The van der Waals surface area contributed by atoms with Gasteiger partial charge in [0.1, 0.15) is 0 Å². The molecule has 0 bridgehead atoms. The van der Waals surface area contributed by atoms with E-state index in [1.54, 1.807) is 11.3 Å². The summed E-state index contributed by atoms with van der Waals surface area (Å²) >= 11 is 8.73. The fourth-order valence-electron chi connectivity index (χ4n) is 1.14. The molecule has 0 aromatic carbocycles. The summed E-state index contributed by atoms with van der Waals surface area (Å²) in [6.45, 7) is 3.14. The summed E-state index contributed by atoms with van der Waals surface area (Å²) in [5.74, 6) is 0. The van der Waals surface area contributed by atoms with Crippen molar-refractivity contribution in [3.8, 4) is 0 Å². The Morgan fingerprint density at radius 2 is 2.29 bits per heavy atom. The molecule has 78 valence electrons. The highest BCUT2D eigenvalue weighted by molar-refractivity contribution is 9.13. The molecule has 1 nitrogen and oxygen atoms in total. The van der Waals surface area contributed by atoms with E-state index in [1.165, 1.54) is 10.5 Å². The summed E-state index contributed by atoms with van der Waals surface area (Å²) in [6, 6.07) is 2.14. The van der Waals surface area contributed by atoms with Crippen LogP contribution in [0.3, 0.4) is 0 Å². The van der Waals surface area contributed by atoms with Gasteiger partial charge in [-0.05, 0) is 57.5 Å². The van der Waals surface area contributed by atoms with Gasteiger partial charge in [-0.15, -0.1) is 11.3 Å². The third kappa shape index (κ3) is 3.50. The molecule has 1 heterocycles. The van der Waals surface area contributed by atoms with E-state index in [1.807, 2.05) is 7.05 Å². The van der Waals surface area contributed by atoms with E-state index in [9.17, 15) is 0 Å². The van der Waals surface area contributed by atoms with Gasteiger partial charge in [-0.2, -0.15) is 0 Å². The molecule has 0 aliphatic carbocycles. The van der Waals surface area contributed by atoms with E-state index >= 15 is 0 Å². The molecule has 1 rings (SSSR count). The zero-order chi connectivity index (χ0) is 10.6. The van der Waals surface area contributed by atoms with Crippen LogP contribution >= 0.6 is 43.2 Å². The lowest BCUT2D eigenvalue weighted by Crippen LogP contribution is -2.09. The Morgan fingerprint density at radius 1 is 1.57 bits per heavy atom. The van der Waals surface area contributed by atoms with Crippen molar-refractivity contribution in [1.29, 1.82) is 0 Å². The quantitative estimate of drug-likeness (QED) is 0.863. The molecule has 0 saturated carbocycles. The summed E-state index contributed by atoms with van der Waals surface area (Å²) in [5.41, 5.74) is 1.42. The van der Waals surface area contributed by atoms with Gasteiger partial charge in [0.15, 0.2) is 0 Å². The van der Waals surface area contributed by atoms with Gasteiger partial charge in [0.25, 0.3) is 0 Å². The molecule has 0 fully saturated rings. The second-order valence-electron chi connectivity index (χ2n) is 2.96. The van der Waals surface area contributed by atoms with Crippen molar-refractivity contribution < 1.29 is 0 Å². The molecule has 0 spiro atoms. The molecular weight excluding hydrogens is 326 g/mol. The Bertz CT molecular complexity index is 311. The minimum atomic E-state index is 0.962. The number of rotatable bonds is 4. The largest absolute Gasteiger partial charge is 0.316 e. The van der Waals surface area contributed by atoms with E-state index in [-0.39, 0.29) is 0 Å². The van der Waals surface area contributed by atoms with Crippen LogP contribution in [0.5, 0.6) is 0 Å². The number of hydrogen-bond acceptors (Lipinski definition) is 2. The van der Waals surface area contributed by atoms with Crippen molar-refractivity contribution in [3.05, 3.63) is 24.8 Å². The fourth-order valence-corrected chi connectivity index (χ4v) is 3.22. The van der Waals surface area contributed by atoms with Crippen LogP contribution in [-0.4, -0.2) is 13.6 Å². The molecule has 1 N–H and O–H groups in total. The van der Waals surface area contributed by atoms with Crippen LogP contribution in [0.4, 0.5) is 0 Å². The molecule has 0 saturated heterocycles. The van der Waals surface area contributed by atoms with E-state index in [0.717, 1.165) is 21.2 Å². The highest BCUT2D eigenvalue weighted by Crippen LogP contribution is 2.33. The topological polar surface area (TPSA) is 12.0 Å². The van der Waals surface area contributed by atoms with Crippen LogP contribution in [0.2, 0.25) is 0 Å². The number of hydrogen-bond donors (Lipinski definition) is 1. The predicted octanol–water partition coefficient (Wildman–Crippen LogP) is 4.29. The molecular formula is C10H13Br2NS. The molecule has 0 radical (unpaired) electrons. The standard InChI is InChI=1S/C10H13Br2NS/c1-3-7(6-13-2)4-8-5-9(11)10(12)14-8/h4-5,13H,3,6H2,1-2H3. The molecule has 0 amide bonds. The minimum Gasteiger partial charge on any atom is -0.316 e. The van der Waals surface area contributed by atoms with Crippen molar-refractivity contribution in [1.82, 2.24) is 5.32 Å². The first-order valence-electron chi connectivity index (χ1n) is 4.46. The second-order valence-corrected chi connectivity index (χ2v) is 6.21. The molecule has 14 heavy (non-hydrogen) atoms. The SMILES string of the molecule is CCC(=Cc1cc(Br)c(Br)s1)CNC. The van der Waals surface area contributed by atoms with E-state index in [2.05, 4.69) is 56.2 Å². The number of likely N-dealkylation sites (N-methyl/N-ethyl adjacent to an activating group) is 1. The van der Waals surface area contributed by atoms with Crippen LogP contribution < -0.4 is 5.32 Å². The van der Waals surface area contributed by atoms with Crippen LogP contribution in [0.25, 0.3) is 6.08 Å². The molecule has 0 aliphatic rings. The van der Waals surface area contributed by atoms with Crippen molar-refractivity contribution in [2.45, 2.75) is 13.3 Å². The first-order chi connectivity index (χ1) is 6.67. The highest BCUT2D eigenvalue weighted by atomic mass is 79.9. The van der Waals surface area contributed by atoms with Crippen LogP contribution in [0.15, 0.2) is 19.9 Å². The Labute approximate surface area is 106 Å². The minimum absolute atomic E-state index is 0.962. The maximum Gasteiger partial charge on any atom is 0.0846 e. The summed E-state index contributed by atoms with van der Waals surface area (Å²) in [4.78, 5) is 1.29. The maximum atomic E-state index is 3.49. The third-order valence-corrected chi connectivity index (χ3v) is 5.07. The van der Waals surface area contributed by atoms with Crippen LogP contribution in [0, 0.1) is 0 Å². The number of halogens is 2. The second kappa shape index (κ2) is 6.05. The first-order valence-corrected chi connectivity index (χ1v) is 6.86. The lowest BCUT2D eigenvalue weighted by molar-refractivity contribution is 0.851. The molecule has 4 heteroatoms. The molecule has 0 unspecified atom stereocenters. The van der Waals surface area contributed by atoms with E-state index < -0.39 is 0 Å². The molecule has 1 aromatic rings. The number of thiophene rings is 1. The van der Waals surface area contributed by atoms with E-state index in [4.69, 9.17) is 0 Å². The first kappa shape index (κ1) is 12.4. The van der Waals surface area contributed by atoms with Gasteiger partial charge in [-0.1, -0.05) is 12.5 Å². The summed E-state index contributed by atoms with van der Waals surface area (Å²) in [6.07, 6.45) is 3.34. The van der Waals surface area contributed by atoms with Crippen LogP contribution in [-0.2, 0) is 0 Å². The Kier molecular flexibility index (Phi) is 5.38. The smallest absolute Gasteiger partial charge is 0.0846 e. The van der Waals surface area contributed by atoms with E-state index in [0.29, 0.717) is 0 Å². The fraction of sp³-hybridized carbons (Fsp3) is 0.400. The van der Waals surface area contributed by atoms with Gasteiger partial charge >= 0.3 is 0 Å². The molecule has 0 aliphatic heterocycles. The summed E-state index contributed by atoms with van der Waals surface area (Å²) in [5, 5.41) is 3.17. The van der Waals surface area contributed by atoms with Crippen molar-refractivity contribution in [3.63, 3.8) is 0 Å². The number of nitrogens with one attached hydrogen (secondary N) is 1. The van der Waals surface area contributed by atoms with Crippen molar-refractivity contribution in [2.24, 2.45) is 0 Å². The van der Waals surface area contributed by atoms with Crippen molar-refractivity contribution >= 4 is 49.3 Å². The normalized spacial score (nSPS) is 12.1. The monoisotopic (exact) mass is 337 g/mol. The highest BCUT2D eigenvalue weighted by Gasteiger charge is 2.02.